The molecule has 6 nitrogen and oxygen atoms in total. The summed E-state index contributed by atoms with van der Waals surface area (Å²) in [5.74, 6) is -0.377. The van der Waals surface area contributed by atoms with Gasteiger partial charge in [-0.2, -0.15) is 0 Å². The van der Waals surface area contributed by atoms with Crippen molar-refractivity contribution in [1.82, 2.24) is 9.97 Å². The maximum atomic E-state index is 12.0. The highest BCUT2D eigenvalue weighted by molar-refractivity contribution is 6.03. The number of fused-ring (bicyclic) bond motifs is 1. The molecule has 0 atom stereocenters. The van der Waals surface area contributed by atoms with Crippen molar-refractivity contribution in [3.8, 4) is 0 Å². The summed E-state index contributed by atoms with van der Waals surface area (Å²) in [5.41, 5.74) is 1.57. The number of amides is 1. The van der Waals surface area contributed by atoms with E-state index in [1.165, 1.54) is 24.7 Å². The van der Waals surface area contributed by atoms with Gasteiger partial charge >= 0.3 is 5.63 Å². The Hall–Kier alpha value is -3.02. The number of nitrogens with zero attached hydrogens (tertiary/aromatic N) is 2. The van der Waals surface area contributed by atoms with Gasteiger partial charge in [0.1, 0.15) is 11.3 Å². The summed E-state index contributed by atoms with van der Waals surface area (Å²) >= 11 is 0. The topological polar surface area (TPSA) is 85.1 Å². The first-order valence-electron chi connectivity index (χ1n) is 6.25. The number of benzene rings is 1. The van der Waals surface area contributed by atoms with Gasteiger partial charge in [0.25, 0.3) is 5.91 Å². The second kappa shape index (κ2) is 5.16. The Kier molecular flexibility index (Phi) is 3.19. The van der Waals surface area contributed by atoms with Crippen molar-refractivity contribution >= 4 is 22.6 Å². The van der Waals surface area contributed by atoms with Crippen LogP contribution < -0.4 is 10.9 Å². The second-order valence-corrected chi connectivity index (χ2v) is 4.50. The number of anilines is 1. The molecule has 2 heterocycles. The molecule has 0 aliphatic rings. The van der Waals surface area contributed by atoms with Gasteiger partial charge in [0.2, 0.25) is 0 Å². The molecule has 2 aromatic heterocycles. The van der Waals surface area contributed by atoms with Gasteiger partial charge in [-0.15, -0.1) is 0 Å². The van der Waals surface area contributed by atoms with Crippen LogP contribution in [0.2, 0.25) is 0 Å². The maximum Gasteiger partial charge on any atom is 0.336 e. The number of nitrogens with one attached hydrogen (secondary N) is 1. The Bertz CT molecular complexity index is 872. The van der Waals surface area contributed by atoms with Crippen molar-refractivity contribution in [2.24, 2.45) is 0 Å². The monoisotopic (exact) mass is 281 g/mol. The molecular weight excluding hydrogens is 270 g/mol. The van der Waals surface area contributed by atoms with E-state index in [2.05, 4.69) is 15.3 Å². The first kappa shape index (κ1) is 13.0. The number of aryl methyl sites for hydroxylation is 1. The minimum atomic E-state index is -0.419. The third kappa shape index (κ3) is 2.64. The lowest BCUT2D eigenvalue weighted by Crippen LogP contribution is -2.13. The van der Waals surface area contributed by atoms with Gasteiger partial charge in [0, 0.05) is 35.6 Å². The molecule has 0 fully saturated rings. The Morgan fingerprint density at radius 2 is 2.10 bits per heavy atom. The van der Waals surface area contributed by atoms with Crippen molar-refractivity contribution in [2.45, 2.75) is 6.92 Å². The van der Waals surface area contributed by atoms with E-state index in [1.54, 1.807) is 18.2 Å². The van der Waals surface area contributed by atoms with Crippen molar-refractivity contribution < 1.29 is 9.21 Å². The number of carbonyl (C=O) groups excluding carboxylic acids is 1. The fourth-order valence-corrected chi connectivity index (χ4v) is 2.01. The van der Waals surface area contributed by atoms with Gasteiger partial charge in [0.05, 0.1) is 6.20 Å². The average Bonchev–Trinajstić information content (AvgIpc) is 2.47. The fourth-order valence-electron chi connectivity index (χ4n) is 2.01. The van der Waals surface area contributed by atoms with Crippen LogP contribution in [0.4, 0.5) is 5.69 Å². The van der Waals surface area contributed by atoms with Gasteiger partial charge in [-0.05, 0) is 24.6 Å². The highest BCUT2D eigenvalue weighted by Crippen LogP contribution is 2.20. The lowest BCUT2D eigenvalue weighted by atomic mass is 10.1. The predicted molar refractivity (Wildman–Crippen MR) is 77.2 cm³/mol. The molecule has 0 unspecified atom stereocenters. The summed E-state index contributed by atoms with van der Waals surface area (Å²) in [5, 5.41) is 3.51. The van der Waals surface area contributed by atoms with Crippen LogP contribution in [0.3, 0.4) is 0 Å². The summed E-state index contributed by atoms with van der Waals surface area (Å²) in [6, 6.07) is 6.57. The third-order valence-corrected chi connectivity index (χ3v) is 3.01. The standard InChI is InChI=1S/C15H11N3O3/c1-9-6-14(19)21-13-7-10(2-3-11(9)13)18-15(20)12-8-16-4-5-17-12/h2-8H,1H3,(H,18,20). The molecule has 104 valence electrons. The average molecular weight is 281 g/mol. The molecule has 0 aliphatic carbocycles. The lowest BCUT2D eigenvalue weighted by molar-refractivity contribution is 0.102. The molecule has 0 radical (unpaired) electrons. The Morgan fingerprint density at radius 1 is 1.24 bits per heavy atom. The van der Waals surface area contributed by atoms with E-state index in [0.29, 0.717) is 11.3 Å². The largest absolute Gasteiger partial charge is 0.423 e. The number of rotatable bonds is 2. The lowest BCUT2D eigenvalue weighted by Gasteiger charge is -2.06. The molecule has 0 bridgehead atoms. The normalized spacial score (nSPS) is 10.5. The van der Waals surface area contributed by atoms with Crippen LogP contribution in [0, 0.1) is 6.92 Å². The van der Waals surface area contributed by atoms with Crippen molar-refractivity contribution in [2.75, 3.05) is 5.32 Å². The number of carbonyl (C=O) groups is 1. The Labute approximate surface area is 119 Å². The number of hydrogen-bond acceptors (Lipinski definition) is 5. The second-order valence-electron chi connectivity index (χ2n) is 4.50. The minimum absolute atomic E-state index is 0.211. The third-order valence-electron chi connectivity index (χ3n) is 3.01. The molecular formula is C15H11N3O3. The Balaban J connectivity index is 1.95. The number of aromatic nitrogens is 2. The van der Waals surface area contributed by atoms with Crippen LogP contribution >= 0.6 is 0 Å². The first-order valence-corrected chi connectivity index (χ1v) is 6.25. The van der Waals surface area contributed by atoms with Crippen molar-refractivity contribution in [1.29, 1.82) is 0 Å². The van der Waals surface area contributed by atoms with Gasteiger partial charge in [0.15, 0.2) is 0 Å². The van der Waals surface area contributed by atoms with Crippen molar-refractivity contribution in [3.05, 3.63) is 64.5 Å². The molecule has 0 saturated heterocycles. The van der Waals surface area contributed by atoms with E-state index >= 15 is 0 Å². The zero-order chi connectivity index (χ0) is 14.8. The molecule has 21 heavy (non-hydrogen) atoms. The van der Waals surface area contributed by atoms with Crippen LogP contribution in [0.1, 0.15) is 16.1 Å². The van der Waals surface area contributed by atoms with Gasteiger partial charge in [-0.25, -0.2) is 9.78 Å². The summed E-state index contributed by atoms with van der Waals surface area (Å²) in [7, 11) is 0. The van der Waals surface area contributed by atoms with Crippen LogP contribution in [0.5, 0.6) is 0 Å². The highest BCUT2D eigenvalue weighted by atomic mass is 16.4. The zero-order valence-corrected chi connectivity index (χ0v) is 11.2. The van der Waals surface area contributed by atoms with E-state index in [1.807, 2.05) is 6.92 Å². The maximum absolute atomic E-state index is 12.0. The van der Waals surface area contributed by atoms with E-state index < -0.39 is 5.63 Å². The molecule has 1 aromatic carbocycles. The molecule has 6 heteroatoms. The molecule has 0 spiro atoms. The molecule has 3 rings (SSSR count). The quantitative estimate of drug-likeness (QED) is 0.727. The van der Waals surface area contributed by atoms with Crippen molar-refractivity contribution in [3.63, 3.8) is 0 Å². The summed E-state index contributed by atoms with van der Waals surface area (Å²) in [6.07, 6.45) is 4.31. The summed E-state index contributed by atoms with van der Waals surface area (Å²) in [4.78, 5) is 31.1. The molecule has 1 amide bonds. The zero-order valence-electron chi connectivity index (χ0n) is 11.2. The summed E-state index contributed by atoms with van der Waals surface area (Å²) < 4.78 is 5.14. The van der Waals surface area contributed by atoms with Crippen LogP contribution in [-0.2, 0) is 0 Å². The molecule has 0 aliphatic heterocycles. The Morgan fingerprint density at radius 3 is 2.86 bits per heavy atom. The smallest absolute Gasteiger partial charge is 0.336 e. The van der Waals surface area contributed by atoms with Gasteiger partial charge in [-0.3, -0.25) is 9.78 Å². The minimum Gasteiger partial charge on any atom is -0.423 e. The fraction of sp³-hybridized carbons (Fsp3) is 0.0667. The molecule has 1 N–H and O–H groups in total. The molecule has 0 saturated carbocycles. The SMILES string of the molecule is Cc1cc(=O)oc2cc(NC(=O)c3cnccn3)ccc12. The summed E-state index contributed by atoms with van der Waals surface area (Å²) in [6.45, 7) is 1.83. The first-order chi connectivity index (χ1) is 10.1. The van der Waals surface area contributed by atoms with Gasteiger partial charge in [-0.1, -0.05) is 0 Å². The van der Waals surface area contributed by atoms with E-state index in [9.17, 15) is 9.59 Å². The van der Waals surface area contributed by atoms with Crippen LogP contribution in [0.15, 0.2) is 52.1 Å². The number of hydrogen-bond donors (Lipinski definition) is 1. The van der Waals surface area contributed by atoms with E-state index in [-0.39, 0.29) is 11.6 Å². The highest BCUT2D eigenvalue weighted by Gasteiger charge is 2.09. The van der Waals surface area contributed by atoms with Crippen LogP contribution in [-0.4, -0.2) is 15.9 Å². The predicted octanol–water partition coefficient (Wildman–Crippen LogP) is 2.14. The van der Waals surface area contributed by atoms with E-state index in [0.717, 1.165) is 10.9 Å². The van der Waals surface area contributed by atoms with E-state index in [4.69, 9.17) is 4.42 Å². The molecule has 3 aromatic rings. The van der Waals surface area contributed by atoms with Gasteiger partial charge < -0.3 is 9.73 Å². The van der Waals surface area contributed by atoms with Crippen LogP contribution in [0.25, 0.3) is 11.0 Å².